The minimum atomic E-state index is -0.286. The highest BCUT2D eigenvalue weighted by Gasteiger charge is 2.35. The second kappa shape index (κ2) is 12.6. The summed E-state index contributed by atoms with van der Waals surface area (Å²) in [5.74, 6) is 0.891. The number of hydrogen-bond acceptors (Lipinski definition) is 6. The Hall–Kier alpha value is -1.83. The van der Waals surface area contributed by atoms with Crippen molar-refractivity contribution in [1.29, 1.82) is 0 Å². The lowest BCUT2D eigenvalue weighted by Crippen LogP contribution is -2.42. The number of nitrogens with two attached hydrogens (primary N) is 1. The van der Waals surface area contributed by atoms with Crippen LogP contribution in [0, 0.1) is 12.8 Å². The maximum atomic E-state index is 11.8. The van der Waals surface area contributed by atoms with Crippen LogP contribution in [0.5, 0.6) is 11.5 Å². The molecule has 6 nitrogen and oxygen atoms in total. The molecule has 1 saturated heterocycles. The fraction of sp³-hybridized carbons (Fsp3) is 0.480. The van der Waals surface area contributed by atoms with Crippen molar-refractivity contribution in [2.24, 2.45) is 11.7 Å². The summed E-state index contributed by atoms with van der Waals surface area (Å²) in [7, 11) is 1.71. The predicted molar refractivity (Wildman–Crippen MR) is 132 cm³/mol. The number of methoxy groups -OCH3 is 1. The zero-order chi connectivity index (χ0) is 23.8. The Balaban J connectivity index is 1.63. The number of carbonyl (C=O) groups is 1. The molecule has 3 unspecified atom stereocenters. The molecule has 0 spiro atoms. The molecule has 2 aromatic carbocycles. The lowest BCUT2D eigenvalue weighted by Gasteiger charge is -2.36. The van der Waals surface area contributed by atoms with Crippen LogP contribution in [0.15, 0.2) is 36.4 Å². The van der Waals surface area contributed by atoms with Gasteiger partial charge in [0.05, 0.1) is 16.7 Å². The lowest BCUT2D eigenvalue weighted by molar-refractivity contribution is -0.113. The molecule has 33 heavy (non-hydrogen) atoms. The van der Waals surface area contributed by atoms with Crippen LogP contribution in [0.2, 0.25) is 10.0 Å². The summed E-state index contributed by atoms with van der Waals surface area (Å²) in [6, 6.07) is 11.6. The fourth-order valence-electron chi connectivity index (χ4n) is 4.43. The summed E-state index contributed by atoms with van der Waals surface area (Å²) >= 11 is 12.4. The van der Waals surface area contributed by atoms with Crippen molar-refractivity contribution >= 4 is 29.5 Å². The van der Waals surface area contributed by atoms with E-state index in [1.165, 1.54) is 0 Å². The van der Waals surface area contributed by atoms with Gasteiger partial charge < -0.3 is 24.7 Å². The molecule has 0 aromatic heterocycles. The van der Waals surface area contributed by atoms with E-state index in [1.807, 2.05) is 43.3 Å². The minimum Gasteiger partial charge on any atom is -0.490 e. The second-order valence-corrected chi connectivity index (χ2v) is 9.11. The highest BCUT2D eigenvalue weighted by atomic mass is 35.5. The van der Waals surface area contributed by atoms with E-state index in [0.717, 1.165) is 36.8 Å². The molecule has 1 aliphatic rings. The van der Waals surface area contributed by atoms with E-state index in [2.05, 4.69) is 4.90 Å². The molecule has 1 heterocycles. The highest BCUT2D eigenvalue weighted by Crippen LogP contribution is 2.36. The third-order valence-electron chi connectivity index (χ3n) is 5.95. The molecule has 0 bridgehead atoms. The first-order valence-corrected chi connectivity index (χ1v) is 11.9. The molecule has 2 aromatic rings. The zero-order valence-corrected chi connectivity index (χ0v) is 20.6. The van der Waals surface area contributed by atoms with E-state index in [9.17, 15) is 4.79 Å². The largest absolute Gasteiger partial charge is 0.490 e. The van der Waals surface area contributed by atoms with Gasteiger partial charge >= 0.3 is 0 Å². The van der Waals surface area contributed by atoms with Gasteiger partial charge in [-0.15, -0.1) is 0 Å². The van der Waals surface area contributed by atoms with E-state index >= 15 is 0 Å². The number of rotatable bonds is 12. The number of halogens is 2. The number of hydrogen-bond donors (Lipinski definition) is 1. The van der Waals surface area contributed by atoms with Crippen molar-refractivity contribution in [2.75, 3.05) is 40.0 Å². The van der Waals surface area contributed by atoms with Crippen LogP contribution in [-0.4, -0.2) is 57.2 Å². The number of likely N-dealkylation sites (tertiary alicyclic amines) is 1. The first-order chi connectivity index (χ1) is 16.0. The van der Waals surface area contributed by atoms with Crippen molar-refractivity contribution < 1.29 is 19.0 Å². The van der Waals surface area contributed by atoms with Gasteiger partial charge in [-0.2, -0.15) is 0 Å². The van der Waals surface area contributed by atoms with Gasteiger partial charge in [0.25, 0.3) is 0 Å². The van der Waals surface area contributed by atoms with Gasteiger partial charge in [0, 0.05) is 31.7 Å². The van der Waals surface area contributed by atoms with E-state index in [-0.39, 0.29) is 18.0 Å². The second-order valence-electron chi connectivity index (χ2n) is 8.29. The highest BCUT2D eigenvalue weighted by molar-refractivity contribution is 6.37. The average Bonchev–Trinajstić information content (AvgIpc) is 3.24. The minimum absolute atomic E-state index is 0.0849. The molecule has 180 valence electrons. The number of nitrogens with zero attached hydrogens (tertiary/aromatic N) is 1. The third kappa shape index (κ3) is 6.61. The zero-order valence-electron chi connectivity index (χ0n) is 19.1. The molecule has 8 heteroatoms. The molecule has 1 fully saturated rings. The van der Waals surface area contributed by atoms with Crippen LogP contribution in [0.4, 0.5) is 0 Å². The number of aryl methyl sites for hydroxylation is 1. The van der Waals surface area contributed by atoms with Gasteiger partial charge in [0.2, 0.25) is 0 Å². The predicted octanol–water partition coefficient (Wildman–Crippen LogP) is 4.69. The van der Waals surface area contributed by atoms with E-state index in [4.69, 9.17) is 43.1 Å². The summed E-state index contributed by atoms with van der Waals surface area (Å²) in [5.41, 5.74) is 7.97. The standard InChI is InChI=1S/C25H32Cl2N2O4/c1-17-12-22(26)25(23(27)13-17)33-11-10-32-21-7-5-18(6-8-21)24(19(14-28)15-30)29-9-3-4-20(29)16-31-2/h5-8,12-13,15,19-20,24H,3-4,9-11,14,16,28H2,1-2H3. The first kappa shape index (κ1) is 25.8. The van der Waals surface area contributed by atoms with E-state index in [1.54, 1.807) is 7.11 Å². The van der Waals surface area contributed by atoms with Gasteiger partial charge in [0.15, 0.2) is 5.75 Å². The average molecular weight is 495 g/mol. The van der Waals surface area contributed by atoms with Crippen LogP contribution < -0.4 is 15.2 Å². The number of aldehydes is 1. The lowest BCUT2D eigenvalue weighted by atomic mass is 9.92. The van der Waals surface area contributed by atoms with Crippen molar-refractivity contribution in [3.63, 3.8) is 0 Å². The Morgan fingerprint density at radius 3 is 2.42 bits per heavy atom. The molecule has 3 rings (SSSR count). The topological polar surface area (TPSA) is 74.0 Å². The summed E-state index contributed by atoms with van der Waals surface area (Å²) in [6.07, 6.45) is 3.10. The van der Waals surface area contributed by atoms with Crippen LogP contribution in [0.3, 0.4) is 0 Å². The first-order valence-electron chi connectivity index (χ1n) is 11.2. The van der Waals surface area contributed by atoms with E-state index in [0.29, 0.717) is 47.9 Å². The molecular weight excluding hydrogens is 463 g/mol. The SMILES string of the molecule is COCC1CCCN1C(c1ccc(OCCOc2c(Cl)cc(C)cc2Cl)cc1)C(C=O)CN. The van der Waals surface area contributed by atoms with Crippen molar-refractivity contribution in [2.45, 2.75) is 31.8 Å². The quantitative estimate of drug-likeness (QED) is 0.340. The monoisotopic (exact) mass is 494 g/mol. The Morgan fingerprint density at radius 1 is 1.15 bits per heavy atom. The molecule has 0 saturated carbocycles. The van der Waals surface area contributed by atoms with Crippen molar-refractivity contribution in [3.05, 3.63) is 57.6 Å². The molecular formula is C25H32Cl2N2O4. The van der Waals surface area contributed by atoms with Crippen molar-refractivity contribution in [1.82, 2.24) is 4.90 Å². The number of ether oxygens (including phenoxy) is 3. The molecule has 0 aliphatic carbocycles. The molecule has 2 N–H and O–H groups in total. The summed E-state index contributed by atoms with van der Waals surface area (Å²) < 4.78 is 16.9. The summed E-state index contributed by atoms with van der Waals surface area (Å²) in [5, 5.41) is 0.961. The number of benzene rings is 2. The fourth-order valence-corrected chi connectivity index (χ4v) is 5.13. The molecule has 3 atom stereocenters. The Kier molecular flexibility index (Phi) is 9.83. The molecule has 0 amide bonds. The van der Waals surface area contributed by atoms with Crippen molar-refractivity contribution in [3.8, 4) is 11.5 Å². The Bertz CT molecular complexity index is 887. The van der Waals surface area contributed by atoms with Gasteiger partial charge in [-0.1, -0.05) is 35.3 Å². The summed E-state index contributed by atoms with van der Waals surface area (Å²) in [4.78, 5) is 14.2. The normalized spacial score (nSPS) is 18.2. The summed E-state index contributed by atoms with van der Waals surface area (Å²) in [6.45, 7) is 4.42. The van der Waals surface area contributed by atoms with Gasteiger partial charge in [-0.3, -0.25) is 4.90 Å². The Morgan fingerprint density at radius 2 is 1.82 bits per heavy atom. The molecule has 0 radical (unpaired) electrons. The molecule has 1 aliphatic heterocycles. The maximum absolute atomic E-state index is 11.8. The van der Waals surface area contributed by atoms with Gasteiger partial charge in [-0.05, 0) is 61.7 Å². The maximum Gasteiger partial charge on any atom is 0.156 e. The smallest absolute Gasteiger partial charge is 0.156 e. The van der Waals surface area contributed by atoms with Gasteiger partial charge in [0.1, 0.15) is 25.2 Å². The van der Waals surface area contributed by atoms with Crippen LogP contribution in [0.1, 0.15) is 30.0 Å². The van der Waals surface area contributed by atoms with Crippen LogP contribution in [-0.2, 0) is 9.53 Å². The third-order valence-corrected chi connectivity index (χ3v) is 6.52. The van der Waals surface area contributed by atoms with Gasteiger partial charge in [-0.25, -0.2) is 0 Å². The van der Waals surface area contributed by atoms with Crippen LogP contribution >= 0.6 is 23.2 Å². The Labute approximate surface area is 205 Å². The van der Waals surface area contributed by atoms with Crippen LogP contribution in [0.25, 0.3) is 0 Å². The number of carbonyl (C=O) groups excluding carboxylic acids is 1. The van der Waals surface area contributed by atoms with E-state index < -0.39 is 0 Å².